The van der Waals surface area contributed by atoms with Crippen LogP contribution in [0.2, 0.25) is 0 Å². The molecule has 0 saturated carbocycles. The highest BCUT2D eigenvalue weighted by Gasteiger charge is 2.16. The van der Waals surface area contributed by atoms with Crippen LogP contribution in [0.1, 0.15) is 39.5 Å². The summed E-state index contributed by atoms with van der Waals surface area (Å²) >= 11 is 0. The Labute approximate surface area is 113 Å². The van der Waals surface area contributed by atoms with Gasteiger partial charge in [-0.3, -0.25) is 0 Å². The van der Waals surface area contributed by atoms with Crippen molar-refractivity contribution in [3.05, 3.63) is 69.5 Å². The summed E-state index contributed by atoms with van der Waals surface area (Å²) in [6.45, 7) is 7.81. The lowest BCUT2D eigenvalue weighted by molar-refractivity contribution is 0.218. The van der Waals surface area contributed by atoms with Gasteiger partial charge in [-0.15, -0.1) is 0 Å². The Morgan fingerprint density at radius 1 is 0.842 bits per heavy atom. The van der Waals surface area contributed by atoms with Gasteiger partial charge in [0, 0.05) is 0 Å². The topological polar surface area (TPSA) is 20.2 Å². The Bertz CT molecular complexity index is 573. The molecule has 2 aromatic carbocycles. The molecule has 2 rings (SSSR count). The first kappa shape index (κ1) is 13.8. The van der Waals surface area contributed by atoms with Crippen molar-refractivity contribution in [3.8, 4) is 0 Å². The molecule has 0 fully saturated rings. The fourth-order valence-corrected chi connectivity index (χ4v) is 2.71. The molecule has 1 unspecified atom stereocenters. The molecule has 1 nitrogen and oxygen atoms in total. The van der Waals surface area contributed by atoms with Crippen LogP contribution in [0.4, 0.5) is 4.39 Å². The quantitative estimate of drug-likeness (QED) is 0.858. The van der Waals surface area contributed by atoms with Crippen molar-refractivity contribution in [2.45, 2.75) is 33.8 Å². The van der Waals surface area contributed by atoms with E-state index in [1.54, 1.807) is 0 Å². The first-order chi connectivity index (χ1) is 8.88. The number of aliphatic hydroxyl groups is 1. The highest BCUT2D eigenvalue weighted by Crippen LogP contribution is 2.29. The molecule has 0 bridgehead atoms. The maximum Gasteiger partial charge on any atom is 0.123 e. The van der Waals surface area contributed by atoms with Gasteiger partial charge in [0.2, 0.25) is 0 Å². The molecule has 0 radical (unpaired) electrons. The van der Waals surface area contributed by atoms with Crippen molar-refractivity contribution >= 4 is 0 Å². The lowest BCUT2D eigenvalue weighted by Crippen LogP contribution is -2.06. The zero-order chi connectivity index (χ0) is 14.2. The molecule has 100 valence electrons. The van der Waals surface area contributed by atoms with E-state index in [2.05, 4.69) is 0 Å². The lowest BCUT2D eigenvalue weighted by atomic mass is 9.91. The molecule has 1 atom stereocenters. The fraction of sp³-hybridized carbons (Fsp3) is 0.294. The van der Waals surface area contributed by atoms with Crippen LogP contribution in [-0.4, -0.2) is 5.11 Å². The first-order valence-corrected chi connectivity index (χ1v) is 6.41. The van der Waals surface area contributed by atoms with E-state index in [0.717, 1.165) is 22.3 Å². The van der Waals surface area contributed by atoms with Gasteiger partial charge in [-0.2, -0.15) is 0 Å². The van der Waals surface area contributed by atoms with E-state index in [1.807, 2.05) is 45.9 Å². The van der Waals surface area contributed by atoms with Crippen LogP contribution < -0.4 is 0 Å². The van der Waals surface area contributed by atoms with Crippen molar-refractivity contribution in [1.29, 1.82) is 0 Å². The number of rotatable bonds is 2. The molecule has 1 N–H and O–H groups in total. The molecule has 0 aliphatic heterocycles. The highest BCUT2D eigenvalue weighted by molar-refractivity contribution is 5.43. The molecular formula is C17H19FO. The van der Waals surface area contributed by atoms with Gasteiger partial charge in [0.15, 0.2) is 0 Å². The largest absolute Gasteiger partial charge is 0.384 e. The predicted octanol–water partition coefficient (Wildman–Crippen LogP) is 4.14. The van der Waals surface area contributed by atoms with Crippen molar-refractivity contribution in [2.75, 3.05) is 0 Å². The summed E-state index contributed by atoms with van der Waals surface area (Å²) in [4.78, 5) is 0. The van der Waals surface area contributed by atoms with Crippen LogP contribution in [0.15, 0.2) is 30.3 Å². The Balaban J connectivity index is 2.52. The number of hydrogen-bond donors (Lipinski definition) is 1. The maximum atomic E-state index is 13.5. The summed E-state index contributed by atoms with van der Waals surface area (Å²) in [5, 5.41) is 10.5. The summed E-state index contributed by atoms with van der Waals surface area (Å²) in [7, 11) is 0. The number of aryl methyl sites for hydroxylation is 4. The average molecular weight is 258 g/mol. The number of benzene rings is 2. The Hall–Kier alpha value is -1.67. The molecule has 0 heterocycles. The minimum Gasteiger partial charge on any atom is -0.384 e. The van der Waals surface area contributed by atoms with Gasteiger partial charge in [0.05, 0.1) is 0 Å². The van der Waals surface area contributed by atoms with Gasteiger partial charge in [-0.05, 0) is 67.6 Å². The molecular weight excluding hydrogens is 239 g/mol. The molecule has 0 aliphatic rings. The van der Waals surface area contributed by atoms with E-state index in [0.29, 0.717) is 5.56 Å². The fourth-order valence-electron chi connectivity index (χ4n) is 2.71. The van der Waals surface area contributed by atoms with Gasteiger partial charge in [-0.1, -0.05) is 23.8 Å². The maximum absolute atomic E-state index is 13.5. The van der Waals surface area contributed by atoms with Crippen molar-refractivity contribution in [2.24, 2.45) is 0 Å². The number of aliphatic hydroxyl groups excluding tert-OH is 1. The molecule has 0 saturated heterocycles. The minimum absolute atomic E-state index is 0.309. The molecule has 0 aromatic heterocycles. The second-order valence-corrected chi connectivity index (χ2v) is 5.28. The van der Waals surface area contributed by atoms with E-state index >= 15 is 0 Å². The molecule has 19 heavy (non-hydrogen) atoms. The summed E-state index contributed by atoms with van der Waals surface area (Å²) < 4.78 is 13.5. The highest BCUT2D eigenvalue weighted by atomic mass is 19.1. The van der Waals surface area contributed by atoms with E-state index in [4.69, 9.17) is 0 Å². The Kier molecular flexibility index (Phi) is 3.72. The summed E-state index contributed by atoms with van der Waals surface area (Å²) in [5.74, 6) is -0.309. The van der Waals surface area contributed by atoms with Crippen LogP contribution in [0.3, 0.4) is 0 Å². The van der Waals surface area contributed by atoms with Gasteiger partial charge in [0.25, 0.3) is 0 Å². The standard InChI is InChI=1S/C17H19FO/c1-10-5-12(3)16(13(4)6-10)17(19)14-7-11(2)8-15(18)9-14/h5-9,17,19H,1-4H3. The Morgan fingerprint density at radius 2 is 1.37 bits per heavy atom. The molecule has 0 spiro atoms. The second-order valence-electron chi connectivity index (χ2n) is 5.28. The second kappa shape index (κ2) is 5.14. The molecule has 2 heteroatoms. The smallest absolute Gasteiger partial charge is 0.123 e. The van der Waals surface area contributed by atoms with E-state index in [1.165, 1.54) is 17.7 Å². The normalized spacial score (nSPS) is 12.5. The summed E-state index contributed by atoms with van der Waals surface area (Å²) in [6.07, 6.45) is -0.782. The minimum atomic E-state index is -0.782. The van der Waals surface area contributed by atoms with Crippen LogP contribution in [0, 0.1) is 33.5 Å². The van der Waals surface area contributed by atoms with Gasteiger partial charge in [0.1, 0.15) is 11.9 Å². The van der Waals surface area contributed by atoms with Gasteiger partial charge < -0.3 is 5.11 Å². The third kappa shape index (κ3) is 2.85. The summed E-state index contributed by atoms with van der Waals surface area (Å²) in [6, 6.07) is 8.77. The Morgan fingerprint density at radius 3 is 1.89 bits per heavy atom. The molecule has 2 aromatic rings. The third-order valence-electron chi connectivity index (χ3n) is 3.39. The van der Waals surface area contributed by atoms with Crippen molar-refractivity contribution < 1.29 is 9.50 Å². The number of halogens is 1. The lowest BCUT2D eigenvalue weighted by Gasteiger charge is -2.18. The molecule has 0 amide bonds. The number of hydrogen-bond acceptors (Lipinski definition) is 1. The van der Waals surface area contributed by atoms with Crippen LogP contribution >= 0.6 is 0 Å². The van der Waals surface area contributed by atoms with Gasteiger partial charge in [-0.25, -0.2) is 4.39 Å². The van der Waals surface area contributed by atoms with Crippen LogP contribution in [-0.2, 0) is 0 Å². The van der Waals surface area contributed by atoms with Crippen molar-refractivity contribution in [3.63, 3.8) is 0 Å². The molecule has 0 aliphatic carbocycles. The zero-order valence-corrected chi connectivity index (χ0v) is 11.8. The average Bonchev–Trinajstić information content (AvgIpc) is 2.25. The monoisotopic (exact) mass is 258 g/mol. The van der Waals surface area contributed by atoms with Crippen molar-refractivity contribution in [1.82, 2.24) is 0 Å². The van der Waals surface area contributed by atoms with E-state index in [-0.39, 0.29) is 5.82 Å². The van der Waals surface area contributed by atoms with Crippen LogP contribution in [0.25, 0.3) is 0 Å². The predicted molar refractivity (Wildman–Crippen MR) is 75.9 cm³/mol. The van der Waals surface area contributed by atoms with E-state index in [9.17, 15) is 9.50 Å². The van der Waals surface area contributed by atoms with Crippen LogP contribution in [0.5, 0.6) is 0 Å². The SMILES string of the molecule is Cc1cc(F)cc(C(O)c2c(C)cc(C)cc2C)c1. The first-order valence-electron chi connectivity index (χ1n) is 6.41. The third-order valence-corrected chi connectivity index (χ3v) is 3.39. The van der Waals surface area contributed by atoms with E-state index < -0.39 is 6.10 Å². The zero-order valence-electron chi connectivity index (χ0n) is 11.8. The van der Waals surface area contributed by atoms with Gasteiger partial charge >= 0.3 is 0 Å². The summed E-state index contributed by atoms with van der Waals surface area (Å²) in [5.41, 5.74) is 5.53.